The van der Waals surface area contributed by atoms with Crippen molar-refractivity contribution in [3.8, 4) is 0 Å². The van der Waals surface area contributed by atoms with Gasteiger partial charge in [-0.2, -0.15) is 0 Å². The zero-order valence-corrected chi connectivity index (χ0v) is 13.1. The zero-order valence-electron chi connectivity index (χ0n) is 7.89. The summed E-state index contributed by atoms with van der Waals surface area (Å²) < 4.78 is 0. The number of benzene rings is 1. The van der Waals surface area contributed by atoms with Crippen molar-refractivity contribution in [2.45, 2.75) is 0 Å². The van der Waals surface area contributed by atoms with Gasteiger partial charge in [0.15, 0.2) is 0 Å². The first-order valence-electron chi connectivity index (χ1n) is 3.59. The van der Waals surface area contributed by atoms with Crippen LogP contribution in [0.25, 0.3) is 0 Å². The van der Waals surface area contributed by atoms with Crippen LogP contribution in [-0.2, 0) is 0 Å². The van der Waals surface area contributed by atoms with Crippen molar-refractivity contribution < 1.29 is 19.8 Å². The second-order valence-corrected chi connectivity index (χ2v) is 4.11. The first-order valence-corrected chi connectivity index (χ1v) is 5.10. The molecular formula is C8HCaCl4O4+. The van der Waals surface area contributed by atoms with E-state index >= 15 is 0 Å². The summed E-state index contributed by atoms with van der Waals surface area (Å²) in [6, 6.07) is 0. The van der Waals surface area contributed by atoms with E-state index in [1.807, 2.05) is 0 Å². The van der Waals surface area contributed by atoms with Gasteiger partial charge >= 0.3 is 43.7 Å². The van der Waals surface area contributed by atoms with Crippen LogP contribution in [0.1, 0.15) is 20.7 Å². The molecule has 0 atom stereocenters. The fraction of sp³-hybridized carbons (Fsp3) is 0. The third kappa shape index (κ3) is 3.32. The molecule has 4 nitrogen and oxygen atoms in total. The number of rotatable bonds is 2. The summed E-state index contributed by atoms with van der Waals surface area (Å²) in [5, 5.41) is 17.9. The summed E-state index contributed by atoms with van der Waals surface area (Å²) in [7, 11) is 0. The molecule has 1 rings (SSSR count). The van der Waals surface area contributed by atoms with E-state index in [-0.39, 0.29) is 47.8 Å². The Bertz CT molecular complexity index is 458. The monoisotopic (exact) mass is 341 g/mol. The van der Waals surface area contributed by atoms with Gasteiger partial charge in [-0.1, -0.05) is 46.4 Å². The van der Waals surface area contributed by atoms with Crippen molar-refractivity contribution >= 4 is 96.1 Å². The van der Waals surface area contributed by atoms with Crippen molar-refractivity contribution in [3.63, 3.8) is 0 Å². The molecule has 0 saturated carbocycles. The molecule has 0 aliphatic rings. The number of carboxylic acid groups (broad SMARTS) is 2. The maximum absolute atomic E-state index is 10.8. The molecule has 0 saturated heterocycles. The van der Waals surface area contributed by atoms with Crippen LogP contribution in [0.3, 0.4) is 0 Å². The van der Waals surface area contributed by atoms with Gasteiger partial charge in [-0.15, -0.1) is 0 Å². The molecule has 1 aromatic carbocycles. The van der Waals surface area contributed by atoms with E-state index in [9.17, 15) is 14.7 Å². The van der Waals surface area contributed by atoms with Gasteiger partial charge in [-0.3, -0.25) is 0 Å². The summed E-state index contributed by atoms with van der Waals surface area (Å²) in [6.07, 6.45) is 0. The minimum atomic E-state index is -1.80. The average molecular weight is 343 g/mol. The molecule has 0 amide bonds. The first-order chi connectivity index (χ1) is 7.29. The molecule has 0 radical (unpaired) electrons. The molecule has 0 fully saturated rings. The summed E-state index contributed by atoms with van der Waals surface area (Å²) in [4.78, 5) is 21.6. The molecule has 0 aliphatic heterocycles. The maximum Gasteiger partial charge on any atom is 2.00 e. The van der Waals surface area contributed by atoms with Crippen molar-refractivity contribution in [1.82, 2.24) is 0 Å². The summed E-state index contributed by atoms with van der Waals surface area (Å²) in [5.74, 6) is -3.40. The van der Waals surface area contributed by atoms with Crippen LogP contribution in [0, 0.1) is 0 Å². The Hall–Kier alpha value is 0.580. The number of hydrogen-bond donors (Lipinski definition) is 1. The predicted molar refractivity (Wildman–Crippen MR) is 63.5 cm³/mol. The molecule has 17 heavy (non-hydrogen) atoms. The van der Waals surface area contributed by atoms with E-state index in [2.05, 4.69) is 0 Å². The Balaban J connectivity index is 0.00000256. The number of carbonyl (C=O) groups excluding carboxylic acids is 1. The standard InChI is InChI=1S/C8H2Cl4O4.Ca/c9-3-1(7(13)14)2(8(15)16)4(10)6(12)5(3)11;/h(H,13,14)(H,15,16);/q;+2/p-1. The molecular weight excluding hydrogens is 342 g/mol. The molecule has 0 aliphatic carbocycles. The van der Waals surface area contributed by atoms with E-state index in [0.29, 0.717) is 0 Å². The fourth-order valence-corrected chi connectivity index (χ4v) is 2.03. The molecule has 0 spiro atoms. The number of hydrogen-bond acceptors (Lipinski definition) is 3. The van der Waals surface area contributed by atoms with Crippen molar-refractivity contribution in [2.24, 2.45) is 0 Å². The largest absolute Gasteiger partial charge is 2.00 e. The molecule has 1 N–H and O–H groups in total. The molecule has 1 aromatic rings. The van der Waals surface area contributed by atoms with Crippen LogP contribution < -0.4 is 5.11 Å². The Kier molecular flexibility index (Phi) is 6.89. The van der Waals surface area contributed by atoms with Crippen LogP contribution in [0.4, 0.5) is 0 Å². The zero-order chi connectivity index (χ0) is 12.6. The number of carboxylic acids is 2. The minimum Gasteiger partial charge on any atom is -0.545 e. The van der Waals surface area contributed by atoms with Crippen LogP contribution in [0.15, 0.2) is 0 Å². The summed E-state index contributed by atoms with van der Waals surface area (Å²) in [6.45, 7) is 0. The van der Waals surface area contributed by atoms with Gasteiger partial charge in [0.05, 0.1) is 31.6 Å². The van der Waals surface area contributed by atoms with E-state index in [1.165, 1.54) is 0 Å². The van der Waals surface area contributed by atoms with Crippen LogP contribution in [0.2, 0.25) is 20.1 Å². The van der Waals surface area contributed by atoms with E-state index in [1.54, 1.807) is 0 Å². The topological polar surface area (TPSA) is 77.4 Å². The molecule has 0 bridgehead atoms. The third-order valence-corrected chi connectivity index (χ3v) is 3.49. The second kappa shape index (κ2) is 6.66. The number of halogens is 4. The van der Waals surface area contributed by atoms with Gasteiger partial charge in [-0.05, 0) is 0 Å². The van der Waals surface area contributed by atoms with Crippen LogP contribution in [0.5, 0.6) is 0 Å². The normalized spacial score (nSPS) is 9.65. The second-order valence-electron chi connectivity index (χ2n) is 2.60. The molecule has 0 aromatic heterocycles. The predicted octanol–water partition coefficient (Wildman–Crippen LogP) is 1.98. The molecule has 0 unspecified atom stereocenters. The van der Waals surface area contributed by atoms with Crippen molar-refractivity contribution in [1.29, 1.82) is 0 Å². The SMILES string of the molecule is O=C([O-])c1c(Cl)c(Cl)c(Cl)c(Cl)c1C(=O)O.[Ca+2]. The first kappa shape index (κ1) is 17.6. The Morgan fingerprint density at radius 3 is 1.53 bits per heavy atom. The molecule has 9 heteroatoms. The van der Waals surface area contributed by atoms with Gasteiger partial charge < -0.3 is 15.0 Å². The third-order valence-electron chi connectivity index (χ3n) is 1.69. The minimum absolute atomic E-state index is 0. The van der Waals surface area contributed by atoms with E-state index in [0.717, 1.165) is 0 Å². The van der Waals surface area contributed by atoms with Gasteiger partial charge in [-0.25, -0.2) is 4.79 Å². The van der Waals surface area contributed by atoms with Crippen LogP contribution >= 0.6 is 46.4 Å². The van der Waals surface area contributed by atoms with E-state index < -0.39 is 33.1 Å². The Morgan fingerprint density at radius 2 is 1.24 bits per heavy atom. The fourth-order valence-electron chi connectivity index (χ4n) is 1.02. The molecule has 86 valence electrons. The number of carbonyl (C=O) groups is 2. The Morgan fingerprint density at radius 1 is 0.882 bits per heavy atom. The number of aromatic carboxylic acids is 2. The smallest absolute Gasteiger partial charge is 0.545 e. The maximum atomic E-state index is 10.8. The van der Waals surface area contributed by atoms with Gasteiger partial charge in [0, 0.05) is 5.56 Å². The van der Waals surface area contributed by atoms with Gasteiger partial charge in [0.1, 0.15) is 0 Å². The molecule has 0 heterocycles. The quantitative estimate of drug-likeness (QED) is 0.506. The van der Waals surface area contributed by atoms with Crippen molar-refractivity contribution in [2.75, 3.05) is 0 Å². The van der Waals surface area contributed by atoms with Gasteiger partial charge in [0.2, 0.25) is 0 Å². The van der Waals surface area contributed by atoms with E-state index in [4.69, 9.17) is 51.5 Å². The van der Waals surface area contributed by atoms with Crippen molar-refractivity contribution in [3.05, 3.63) is 31.2 Å². The average Bonchev–Trinajstić information content (AvgIpc) is 2.18. The summed E-state index contributed by atoms with van der Waals surface area (Å²) in [5.41, 5.74) is -1.55. The Labute approximate surface area is 145 Å². The van der Waals surface area contributed by atoms with Crippen LogP contribution in [-0.4, -0.2) is 54.8 Å². The summed E-state index contributed by atoms with van der Waals surface area (Å²) >= 11 is 22.3. The van der Waals surface area contributed by atoms with Gasteiger partial charge in [0.25, 0.3) is 0 Å².